The molecule has 0 aliphatic carbocycles. The monoisotopic (exact) mass is 324 g/mol. The molecule has 0 aromatic heterocycles. The third-order valence-corrected chi connectivity index (χ3v) is 4.76. The fraction of sp³-hybridized carbons (Fsp3) is 0.350. The highest BCUT2D eigenvalue weighted by Gasteiger charge is 2.40. The van der Waals surface area contributed by atoms with Crippen LogP contribution in [-0.2, 0) is 5.60 Å². The summed E-state index contributed by atoms with van der Waals surface area (Å²) in [5.41, 5.74) is 1.67. The molecule has 0 saturated heterocycles. The van der Waals surface area contributed by atoms with E-state index >= 15 is 0 Å². The zero-order valence-corrected chi connectivity index (χ0v) is 14.5. The van der Waals surface area contributed by atoms with E-state index in [9.17, 15) is 9.90 Å². The van der Waals surface area contributed by atoms with Gasteiger partial charge in [-0.3, -0.25) is 4.79 Å². The van der Waals surface area contributed by atoms with Crippen molar-refractivity contribution in [2.24, 2.45) is 0 Å². The molecule has 1 N–H and O–H groups in total. The Morgan fingerprint density at radius 1 is 1.04 bits per heavy atom. The summed E-state index contributed by atoms with van der Waals surface area (Å²) in [6.07, 6.45) is 1.41. The van der Waals surface area contributed by atoms with Crippen LogP contribution in [-0.4, -0.2) is 43.6 Å². The van der Waals surface area contributed by atoms with Crippen LogP contribution in [0.15, 0.2) is 48.5 Å². The van der Waals surface area contributed by atoms with Gasteiger partial charge in [-0.2, -0.15) is 0 Å². The molecule has 1 aliphatic heterocycles. The molecule has 0 radical (unpaired) electrons. The smallest absolute Gasteiger partial charge is 0.258 e. The number of nitrogens with zero attached hydrogens (tertiary/aromatic N) is 2. The second-order valence-electron chi connectivity index (χ2n) is 6.69. The number of hydrogen-bond donors (Lipinski definition) is 1. The lowest BCUT2D eigenvalue weighted by Gasteiger charge is -2.31. The van der Waals surface area contributed by atoms with Crippen LogP contribution in [0.2, 0.25) is 0 Å². The first-order chi connectivity index (χ1) is 11.4. The lowest BCUT2D eigenvalue weighted by atomic mass is 9.80. The first-order valence-electron chi connectivity index (χ1n) is 8.29. The van der Waals surface area contributed by atoms with Gasteiger partial charge in [-0.15, -0.1) is 0 Å². The van der Waals surface area contributed by atoms with Crippen LogP contribution < -0.4 is 4.90 Å². The van der Waals surface area contributed by atoms with E-state index in [1.165, 1.54) is 0 Å². The Hall–Kier alpha value is -2.17. The van der Waals surface area contributed by atoms with Crippen molar-refractivity contribution in [3.63, 3.8) is 0 Å². The number of benzene rings is 2. The molecule has 1 atom stereocenters. The first-order valence-corrected chi connectivity index (χ1v) is 8.29. The van der Waals surface area contributed by atoms with Crippen LogP contribution in [0.1, 0.15) is 34.3 Å². The lowest BCUT2D eigenvalue weighted by molar-refractivity contribution is 0.0665. The lowest BCUT2D eigenvalue weighted by Crippen LogP contribution is -2.29. The predicted octanol–water partition coefficient (Wildman–Crippen LogP) is 2.85. The number of carbonyl (C=O) groups excluding carboxylic acids is 1. The van der Waals surface area contributed by atoms with E-state index in [-0.39, 0.29) is 5.91 Å². The van der Waals surface area contributed by atoms with Gasteiger partial charge in [-0.05, 0) is 45.6 Å². The van der Waals surface area contributed by atoms with Crippen molar-refractivity contribution in [3.05, 3.63) is 65.2 Å². The van der Waals surface area contributed by atoms with E-state index in [1.807, 2.05) is 56.6 Å². The minimum absolute atomic E-state index is 0.0819. The molecule has 126 valence electrons. The van der Waals surface area contributed by atoms with Crippen molar-refractivity contribution >= 4 is 11.6 Å². The van der Waals surface area contributed by atoms with Gasteiger partial charge in [0.15, 0.2) is 0 Å². The van der Waals surface area contributed by atoms with Crippen LogP contribution in [0.5, 0.6) is 0 Å². The molecule has 1 unspecified atom stereocenters. The van der Waals surface area contributed by atoms with Crippen LogP contribution in [0, 0.1) is 0 Å². The Kier molecular flexibility index (Phi) is 4.43. The number of carbonyl (C=O) groups is 1. The number of rotatable bonds is 4. The molecule has 0 spiro atoms. The molecule has 24 heavy (non-hydrogen) atoms. The van der Waals surface area contributed by atoms with E-state index in [0.29, 0.717) is 17.5 Å². The maximum Gasteiger partial charge on any atom is 0.258 e. The summed E-state index contributed by atoms with van der Waals surface area (Å²) in [7, 11) is 5.82. The van der Waals surface area contributed by atoms with Gasteiger partial charge in [0.25, 0.3) is 5.91 Å². The quantitative estimate of drug-likeness (QED) is 0.940. The van der Waals surface area contributed by atoms with Gasteiger partial charge in [0, 0.05) is 23.7 Å². The maximum atomic E-state index is 12.9. The largest absolute Gasteiger partial charge is 0.380 e. The summed E-state index contributed by atoms with van der Waals surface area (Å²) in [6, 6.07) is 15.1. The van der Waals surface area contributed by atoms with E-state index in [2.05, 4.69) is 4.90 Å². The highest BCUT2D eigenvalue weighted by molar-refractivity contribution is 6.08. The van der Waals surface area contributed by atoms with Crippen molar-refractivity contribution in [1.29, 1.82) is 0 Å². The normalized spacial score (nSPS) is 19.9. The maximum absolute atomic E-state index is 12.9. The highest BCUT2D eigenvalue weighted by Crippen LogP contribution is 2.43. The Bertz CT molecular complexity index is 757. The Labute approximate surface area is 143 Å². The molecule has 0 bridgehead atoms. The van der Waals surface area contributed by atoms with Gasteiger partial charge in [0.2, 0.25) is 0 Å². The number of hydrogen-bond acceptors (Lipinski definition) is 3. The fourth-order valence-electron chi connectivity index (χ4n) is 3.50. The van der Waals surface area contributed by atoms with Gasteiger partial charge >= 0.3 is 0 Å². The third kappa shape index (κ3) is 2.72. The predicted molar refractivity (Wildman–Crippen MR) is 96.4 cm³/mol. The molecule has 4 nitrogen and oxygen atoms in total. The average Bonchev–Trinajstić information content (AvgIpc) is 2.65. The van der Waals surface area contributed by atoms with Crippen LogP contribution in [0.25, 0.3) is 0 Å². The minimum Gasteiger partial charge on any atom is -0.380 e. The van der Waals surface area contributed by atoms with E-state index in [4.69, 9.17) is 0 Å². The van der Waals surface area contributed by atoms with Crippen LogP contribution in [0.3, 0.4) is 0 Å². The molecule has 1 amide bonds. The van der Waals surface area contributed by atoms with Crippen molar-refractivity contribution in [2.45, 2.75) is 18.4 Å². The van der Waals surface area contributed by atoms with E-state index < -0.39 is 5.60 Å². The van der Waals surface area contributed by atoms with Crippen molar-refractivity contribution in [1.82, 2.24) is 4.90 Å². The summed E-state index contributed by atoms with van der Waals surface area (Å²) >= 11 is 0. The molecular formula is C20H24N2O2. The number of fused-ring (bicyclic) bond motifs is 2. The zero-order valence-electron chi connectivity index (χ0n) is 14.5. The van der Waals surface area contributed by atoms with Crippen molar-refractivity contribution in [2.75, 3.05) is 32.6 Å². The summed E-state index contributed by atoms with van der Waals surface area (Å²) in [5, 5.41) is 11.7. The number of para-hydroxylation sites is 1. The summed E-state index contributed by atoms with van der Waals surface area (Å²) in [5.74, 6) is -0.0819. The Morgan fingerprint density at radius 3 is 2.38 bits per heavy atom. The van der Waals surface area contributed by atoms with Crippen LogP contribution in [0.4, 0.5) is 5.69 Å². The standard InChI is InChI=1S/C20H24N2O2/c1-21(2)14-8-13-20(24)16-10-5-4-9-15(16)19(23)22(3)18-12-7-6-11-17(18)20/h4-7,9-12,24H,8,13-14H2,1-3H3. The zero-order chi connectivity index (χ0) is 17.3. The Morgan fingerprint density at radius 2 is 1.67 bits per heavy atom. The van der Waals surface area contributed by atoms with E-state index in [1.54, 1.807) is 18.0 Å². The van der Waals surface area contributed by atoms with Gasteiger partial charge in [-0.1, -0.05) is 36.4 Å². The fourth-order valence-corrected chi connectivity index (χ4v) is 3.50. The molecule has 2 aromatic rings. The molecule has 1 heterocycles. The van der Waals surface area contributed by atoms with Gasteiger partial charge in [0.05, 0.1) is 5.69 Å². The topological polar surface area (TPSA) is 43.8 Å². The average molecular weight is 324 g/mol. The molecule has 2 aromatic carbocycles. The van der Waals surface area contributed by atoms with Gasteiger partial charge < -0.3 is 14.9 Å². The van der Waals surface area contributed by atoms with Crippen LogP contribution >= 0.6 is 0 Å². The van der Waals surface area contributed by atoms with E-state index in [0.717, 1.165) is 24.2 Å². The molecule has 1 aliphatic rings. The minimum atomic E-state index is -1.16. The number of amides is 1. The van der Waals surface area contributed by atoms with Gasteiger partial charge in [-0.25, -0.2) is 0 Å². The molecule has 0 fully saturated rings. The number of aliphatic hydroxyl groups is 1. The Balaban J connectivity index is 2.17. The second kappa shape index (κ2) is 6.38. The molecular weight excluding hydrogens is 300 g/mol. The SMILES string of the molecule is CN(C)CCCC1(O)c2ccccc2C(=O)N(C)c2ccccc21. The van der Waals surface area contributed by atoms with Crippen molar-refractivity contribution < 1.29 is 9.90 Å². The first kappa shape index (κ1) is 16.7. The second-order valence-corrected chi connectivity index (χ2v) is 6.69. The van der Waals surface area contributed by atoms with Gasteiger partial charge in [0.1, 0.15) is 5.60 Å². The molecule has 0 saturated carbocycles. The summed E-state index contributed by atoms with van der Waals surface area (Å²) in [6.45, 7) is 0.885. The third-order valence-electron chi connectivity index (χ3n) is 4.76. The highest BCUT2D eigenvalue weighted by atomic mass is 16.3. The number of anilines is 1. The molecule has 4 heteroatoms. The molecule has 3 rings (SSSR count). The summed E-state index contributed by atoms with van der Waals surface area (Å²) in [4.78, 5) is 16.6. The summed E-state index contributed by atoms with van der Waals surface area (Å²) < 4.78 is 0. The van der Waals surface area contributed by atoms with Crippen molar-refractivity contribution in [3.8, 4) is 0 Å².